The van der Waals surface area contributed by atoms with Crippen LogP contribution in [-0.4, -0.2) is 39.8 Å². The SMILES string of the molecule is CCCN1C(=O)C(=O)/C(=C(/O)c2ccc(OCC(C)C)c(C)c2)C1c1c(C)[nH]c2ccccc12. The molecule has 1 saturated heterocycles. The van der Waals surface area contributed by atoms with Gasteiger partial charge in [-0.3, -0.25) is 9.59 Å². The molecule has 1 aliphatic heterocycles. The van der Waals surface area contributed by atoms with Crippen molar-refractivity contribution in [3.63, 3.8) is 0 Å². The fourth-order valence-electron chi connectivity index (χ4n) is 4.67. The van der Waals surface area contributed by atoms with Gasteiger partial charge in [0.2, 0.25) is 0 Å². The van der Waals surface area contributed by atoms with Crippen molar-refractivity contribution in [2.45, 2.75) is 47.1 Å². The number of ketones is 1. The van der Waals surface area contributed by atoms with Crippen LogP contribution < -0.4 is 4.74 Å². The molecule has 2 heterocycles. The molecule has 1 fully saturated rings. The predicted octanol–water partition coefficient (Wildman–Crippen LogP) is 5.65. The molecule has 0 spiro atoms. The van der Waals surface area contributed by atoms with Crippen molar-refractivity contribution in [2.24, 2.45) is 5.92 Å². The van der Waals surface area contributed by atoms with Gasteiger partial charge in [0.05, 0.1) is 18.2 Å². The number of aliphatic hydroxyl groups excluding tert-OH is 1. The second kappa shape index (κ2) is 9.37. The summed E-state index contributed by atoms with van der Waals surface area (Å²) >= 11 is 0. The molecule has 3 aromatic rings. The summed E-state index contributed by atoms with van der Waals surface area (Å²) in [6.45, 7) is 11.0. The van der Waals surface area contributed by atoms with E-state index in [1.54, 1.807) is 23.1 Å². The number of para-hydroxylation sites is 1. The lowest BCUT2D eigenvalue weighted by Gasteiger charge is -2.25. The van der Waals surface area contributed by atoms with Gasteiger partial charge in [-0.1, -0.05) is 39.0 Å². The third-order valence-electron chi connectivity index (χ3n) is 6.24. The number of H-pyrrole nitrogens is 1. The number of nitrogens with zero attached hydrogens (tertiary/aromatic N) is 1. The number of benzene rings is 2. The van der Waals surface area contributed by atoms with Crippen molar-refractivity contribution in [3.8, 4) is 5.75 Å². The van der Waals surface area contributed by atoms with Crippen LogP contribution >= 0.6 is 0 Å². The first-order valence-electron chi connectivity index (χ1n) is 11.8. The van der Waals surface area contributed by atoms with E-state index >= 15 is 0 Å². The number of ether oxygens (including phenoxy) is 1. The lowest BCUT2D eigenvalue weighted by Crippen LogP contribution is -2.30. The number of carbonyl (C=O) groups excluding carboxylic acids is 2. The van der Waals surface area contributed by atoms with Crippen LogP contribution in [-0.2, 0) is 9.59 Å². The third kappa shape index (κ3) is 4.09. The number of aliphatic hydroxyl groups is 1. The summed E-state index contributed by atoms with van der Waals surface area (Å²) < 4.78 is 5.86. The molecule has 1 aromatic heterocycles. The maximum Gasteiger partial charge on any atom is 0.295 e. The summed E-state index contributed by atoms with van der Waals surface area (Å²) in [7, 11) is 0. The second-order valence-corrected chi connectivity index (χ2v) is 9.39. The lowest BCUT2D eigenvalue weighted by molar-refractivity contribution is -0.139. The molecular formula is C28H32N2O4. The maximum atomic E-state index is 13.2. The highest BCUT2D eigenvalue weighted by atomic mass is 16.5. The molecule has 1 atom stereocenters. The highest BCUT2D eigenvalue weighted by Crippen LogP contribution is 2.43. The number of Topliss-reactive ketones (excluding diaryl/α,β-unsaturated/α-hetero) is 1. The number of aryl methyl sites for hydroxylation is 2. The Morgan fingerprint density at radius 3 is 2.56 bits per heavy atom. The molecule has 2 N–H and O–H groups in total. The summed E-state index contributed by atoms with van der Waals surface area (Å²) in [6, 6.07) is 12.5. The Morgan fingerprint density at radius 2 is 1.88 bits per heavy atom. The van der Waals surface area contributed by atoms with E-state index in [4.69, 9.17) is 4.74 Å². The van der Waals surface area contributed by atoms with Gasteiger partial charge in [0.25, 0.3) is 11.7 Å². The number of nitrogens with one attached hydrogen (secondary N) is 1. The Hall–Kier alpha value is -3.54. The fraction of sp³-hybridized carbons (Fsp3) is 0.357. The Bertz CT molecular complexity index is 1280. The van der Waals surface area contributed by atoms with Gasteiger partial charge >= 0.3 is 0 Å². The molecule has 6 heteroatoms. The standard InChI is InChI=1S/C28H32N2O4/c1-6-13-30-25(23-18(5)29-21-10-8-7-9-20(21)23)24(27(32)28(30)33)26(31)19-11-12-22(17(4)14-19)34-15-16(2)3/h7-12,14,16,25,29,31H,6,13,15H2,1-5H3/b26-24+. The summed E-state index contributed by atoms with van der Waals surface area (Å²) in [6.07, 6.45) is 0.700. The first kappa shape index (κ1) is 23.6. The molecular weight excluding hydrogens is 428 g/mol. The second-order valence-electron chi connectivity index (χ2n) is 9.39. The zero-order valence-corrected chi connectivity index (χ0v) is 20.4. The van der Waals surface area contributed by atoms with E-state index in [9.17, 15) is 14.7 Å². The minimum absolute atomic E-state index is 0.126. The quantitative estimate of drug-likeness (QED) is 0.271. The van der Waals surface area contributed by atoms with Crippen LogP contribution in [0.1, 0.15) is 55.6 Å². The van der Waals surface area contributed by atoms with Crippen LogP contribution in [0, 0.1) is 19.8 Å². The highest BCUT2D eigenvalue weighted by molar-refractivity contribution is 6.46. The molecule has 0 bridgehead atoms. The number of rotatable bonds is 7. The normalized spacial score (nSPS) is 17.8. The smallest absolute Gasteiger partial charge is 0.295 e. The number of carbonyl (C=O) groups is 2. The van der Waals surface area contributed by atoms with Gasteiger partial charge in [-0.2, -0.15) is 0 Å². The topological polar surface area (TPSA) is 82.6 Å². The average Bonchev–Trinajstić information content (AvgIpc) is 3.25. The van der Waals surface area contributed by atoms with Crippen LogP contribution in [0.4, 0.5) is 0 Å². The third-order valence-corrected chi connectivity index (χ3v) is 6.24. The van der Waals surface area contributed by atoms with E-state index < -0.39 is 17.7 Å². The zero-order valence-electron chi connectivity index (χ0n) is 20.4. The van der Waals surface area contributed by atoms with E-state index in [0.29, 0.717) is 31.1 Å². The molecule has 1 aliphatic rings. The molecule has 178 valence electrons. The van der Waals surface area contributed by atoms with Crippen LogP contribution in [0.2, 0.25) is 0 Å². The first-order valence-corrected chi connectivity index (χ1v) is 11.8. The van der Waals surface area contributed by atoms with E-state index in [0.717, 1.165) is 33.5 Å². The van der Waals surface area contributed by atoms with Crippen molar-refractivity contribution >= 4 is 28.4 Å². The van der Waals surface area contributed by atoms with Crippen LogP contribution in [0.3, 0.4) is 0 Å². The van der Waals surface area contributed by atoms with Crippen LogP contribution in [0.5, 0.6) is 5.75 Å². The average molecular weight is 461 g/mol. The monoisotopic (exact) mass is 460 g/mol. The largest absolute Gasteiger partial charge is 0.507 e. The molecule has 2 aromatic carbocycles. The molecule has 0 saturated carbocycles. The molecule has 1 unspecified atom stereocenters. The Balaban J connectivity index is 1.87. The van der Waals surface area contributed by atoms with Gasteiger partial charge < -0.3 is 19.7 Å². The van der Waals surface area contributed by atoms with Crippen molar-refractivity contribution in [1.29, 1.82) is 0 Å². The van der Waals surface area contributed by atoms with Crippen LogP contribution in [0.25, 0.3) is 16.7 Å². The fourth-order valence-corrected chi connectivity index (χ4v) is 4.67. The highest BCUT2D eigenvalue weighted by Gasteiger charge is 2.47. The van der Waals surface area contributed by atoms with Gasteiger partial charge in [-0.25, -0.2) is 0 Å². The lowest BCUT2D eigenvalue weighted by atomic mass is 9.93. The van der Waals surface area contributed by atoms with Gasteiger partial charge in [0, 0.05) is 34.3 Å². The summed E-state index contributed by atoms with van der Waals surface area (Å²) in [5.41, 5.74) is 4.12. The molecule has 1 amide bonds. The summed E-state index contributed by atoms with van der Waals surface area (Å²) in [5, 5.41) is 12.3. The predicted molar refractivity (Wildman–Crippen MR) is 134 cm³/mol. The van der Waals surface area contributed by atoms with Crippen molar-refractivity contribution in [3.05, 3.63) is 70.4 Å². The number of aromatic nitrogens is 1. The summed E-state index contributed by atoms with van der Waals surface area (Å²) in [5.74, 6) is -0.266. The number of aromatic amines is 1. The molecule has 34 heavy (non-hydrogen) atoms. The molecule has 4 rings (SSSR count). The molecule has 0 radical (unpaired) electrons. The number of hydrogen-bond donors (Lipinski definition) is 2. The van der Waals surface area contributed by atoms with E-state index in [2.05, 4.69) is 18.8 Å². The van der Waals surface area contributed by atoms with Crippen molar-refractivity contribution in [1.82, 2.24) is 9.88 Å². The van der Waals surface area contributed by atoms with Gasteiger partial charge in [-0.05, 0) is 56.0 Å². The number of fused-ring (bicyclic) bond motifs is 1. The van der Waals surface area contributed by atoms with E-state index in [1.807, 2.05) is 45.0 Å². The molecule has 6 nitrogen and oxygen atoms in total. The minimum Gasteiger partial charge on any atom is -0.507 e. The maximum absolute atomic E-state index is 13.2. The Kier molecular flexibility index (Phi) is 6.51. The Morgan fingerprint density at radius 1 is 1.15 bits per heavy atom. The van der Waals surface area contributed by atoms with E-state index in [1.165, 1.54) is 0 Å². The van der Waals surface area contributed by atoms with E-state index in [-0.39, 0.29) is 11.3 Å². The van der Waals surface area contributed by atoms with Gasteiger partial charge in [-0.15, -0.1) is 0 Å². The molecule has 0 aliphatic carbocycles. The first-order chi connectivity index (χ1) is 16.2. The van der Waals surface area contributed by atoms with Crippen molar-refractivity contribution < 1.29 is 19.4 Å². The van der Waals surface area contributed by atoms with Crippen molar-refractivity contribution in [2.75, 3.05) is 13.2 Å². The van der Waals surface area contributed by atoms with Crippen LogP contribution in [0.15, 0.2) is 48.0 Å². The number of hydrogen-bond acceptors (Lipinski definition) is 4. The van der Waals surface area contributed by atoms with Gasteiger partial charge in [0.1, 0.15) is 11.5 Å². The Labute approximate surface area is 200 Å². The zero-order chi connectivity index (χ0) is 24.6. The summed E-state index contributed by atoms with van der Waals surface area (Å²) in [4.78, 5) is 31.3. The minimum atomic E-state index is -0.659. The van der Waals surface area contributed by atoms with Gasteiger partial charge in [0.15, 0.2) is 0 Å². The number of likely N-dealkylation sites (tertiary alicyclic amines) is 1. The number of amides is 1.